The molecule has 1 aromatic carbocycles. The molecule has 0 spiro atoms. The molecule has 1 unspecified atom stereocenters. The van der Waals surface area contributed by atoms with Crippen LogP contribution in [0.2, 0.25) is 0 Å². The highest BCUT2D eigenvalue weighted by molar-refractivity contribution is 6.01. The number of carbonyl (C=O) groups excluding carboxylic acids is 2. The lowest BCUT2D eigenvalue weighted by molar-refractivity contribution is -0.126. The molecule has 33 heavy (non-hydrogen) atoms. The molecule has 0 bridgehead atoms. The fourth-order valence-corrected chi connectivity index (χ4v) is 5.87. The number of ether oxygens (including phenoxy) is 2. The van der Waals surface area contributed by atoms with Gasteiger partial charge in [-0.2, -0.15) is 0 Å². The highest BCUT2D eigenvalue weighted by atomic mass is 16.5. The van der Waals surface area contributed by atoms with E-state index < -0.39 is 6.04 Å². The molecule has 7 heteroatoms. The molecule has 1 saturated carbocycles. The number of nitrogens with one attached hydrogen (secondary N) is 1. The van der Waals surface area contributed by atoms with Gasteiger partial charge in [0.05, 0.1) is 5.60 Å². The third-order valence-corrected chi connectivity index (χ3v) is 8.13. The molecular formula is C26H35N3O4. The maximum atomic E-state index is 13.0. The van der Waals surface area contributed by atoms with Crippen LogP contribution in [-0.2, 0) is 16.1 Å². The predicted molar refractivity (Wildman–Crippen MR) is 125 cm³/mol. The van der Waals surface area contributed by atoms with Gasteiger partial charge in [0.1, 0.15) is 17.9 Å². The van der Waals surface area contributed by atoms with E-state index in [2.05, 4.69) is 23.7 Å². The van der Waals surface area contributed by atoms with Crippen LogP contribution in [0.5, 0.6) is 5.75 Å². The molecule has 7 nitrogen and oxygen atoms in total. The van der Waals surface area contributed by atoms with Crippen molar-refractivity contribution in [3.8, 4) is 5.75 Å². The van der Waals surface area contributed by atoms with Gasteiger partial charge in [-0.3, -0.25) is 14.5 Å². The molecular weight excluding hydrogens is 418 g/mol. The number of carbonyl (C=O) groups is 2. The first-order valence-electron chi connectivity index (χ1n) is 12.3. The molecule has 0 aromatic heterocycles. The highest BCUT2D eigenvalue weighted by Crippen LogP contribution is 2.35. The summed E-state index contributed by atoms with van der Waals surface area (Å²) >= 11 is 0. The van der Waals surface area contributed by atoms with Gasteiger partial charge in [0.25, 0.3) is 5.91 Å². The van der Waals surface area contributed by atoms with Gasteiger partial charge in [-0.15, -0.1) is 0 Å². The zero-order valence-corrected chi connectivity index (χ0v) is 19.8. The van der Waals surface area contributed by atoms with E-state index in [1.807, 2.05) is 25.3 Å². The predicted octanol–water partition coefficient (Wildman–Crippen LogP) is 3.24. The highest BCUT2D eigenvalue weighted by Gasteiger charge is 2.40. The Morgan fingerprint density at radius 3 is 2.67 bits per heavy atom. The summed E-state index contributed by atoms with van der Waals surface area (Å²) in [6.07, 6.45) is 6.97. The molecule has 3 fully saturated rings. The average molecular weight is 454 g/mol. The Morgan fingerprint density at radius 1 is 1.15 bits per heavy atom. The molecule has 3 heterocycles. The van der Waals surface area contributed by atoms with Crippen molar-refractivity contribution in [1.82, 2.24) is 15.1 Å². The summed E-state index contributed by atoms with van der Waals surface area (Å²) < 4.78 is 12.2. The third kappa shape index (κ3) is 4.28. The average Bonchev–Trinajstić information content (AvgIpc) is 3.39. The lowest BCUT2D eigenvalue weighted by atomic mass is 9.92. The minimum Gasteiger partial charge on any atom is -0.489 e. The van der Waals surface area contributed by atoms with E-state index in [0.29, 0.717) is 31.0 Å². The summed E-state index contributed by atoms with van der Waals surface area (Å²) in [7, 11) is 1.81. The Kier molecular flexibility index (Phi) is 5.95. The van der Waals surface area contributed by atoms with Gasteiger partial charge < -0.3 is 19.7 Å². The van der Waals surface area contributed by atoms with Gasteiger partial charge >= 0.3 is 0 Å². The Hall–Kier alpha value is -2.38. The van der Waals surface area contributed by atoms with E-state index in [4.69, 9.17) is 9.47 Å². The monoisotopic (exact) mass is 453 g/mol. The number of benzene rings is 1. The van der Waals surface area contributed by atoms with Crippen LogP contribution in [0.4, 0.5) is 0 Å². The number of methoxy groups -OCH3 is 1. The lowest BCUT2D eigenvalue weighted by Crippen LogP contribution is -2.51. The second-order valence-electron chi connectivity index (χ2n) is 10.2. The Labute approximate surface area is 196 Å². The van der Waals surface area contributed by atoms with Crippen LogP contribution in [0.15, 0.2) is 30.5 Å². The van der Waals surface area contributed by atoms with E-state index in [0.717, 1.165) is 55.8 Å². The summed E-state index contributed by atoms with van der Waals surface area (Å²) in [5, 5.41) is 2.79. The second-order valence-corrected chi connectivity index (χ2v) is 10.2. The van der Waals surface area contributed by atoms with Crippen molar-refractivity contribution in [2.45, 2.75) is 82.2 Å². The second kappa shape index (κ2) is 8.76. The number of fused-ring (bicyclic) bond motifs is 1. The van der Waals surface area contributed by atoms with Crippen LogP contribution in [-0.4, -0.2) is 65.6 Å². The maximum absolute atomic E-state index is 13.0. The summed E-state index contributed by atoms with van der Waals surface area (Å²) in [5.41, 5.74) is 2.34. The fourth-order valence-electron chi connectivity index (χ4n) is 5.87. The van der Waals surface area contributed by atoms with Crippen molar-refractivity contribution in [2.24, 2.45) is 0 Å². The first-order chi connectivity index (χ1) is 15.9. The molecule has 1 aliphatic carbocycles. The molecule has 2 saturated heterocycles. The number of amides is 2. The topological polar surface area (TPSA) is 71.1 Å². The first-order valence-corrected chi connectivity index (χ1v) is 12.3. The largest absolute Gasteiger partial charge is 0.489 e. The number of allylic oxidation sites excluding steroid dienone is 1. The summed E-state index contributed by atoms with van der Waals surface area (Å²) in [6.45, 7) is 8.57. The van der Waals surface area contributed by atoms with Crippen LogP contribution in [0.1, 0.15) is 67.8 Å². The van der Waals surface area contributed by atoms with Crippen molar-refractivity contribution < 1.29 is 19.1 Å². The van der Waals surface area contributed by atoms with E-state index in [9.17, 15) is 9.59 Å². The number of hydrogen-bond donors (Lipinski definition) is 1. The number of hydrogen-bond acceptors (Lipinski definition) is 5. The molecule has 178 valence electrons. The van der Waals surface area contributed by atoms with Crippen LogP contribution >= 0.6 is 0 Å². The zero-order valence-electron chi connectivity index (χ0n) is 19.8. The van der Waals surface area contributed by atoms with Crippen molar-refractivity contribution in [1.29, 1.82) is 0 Å². The third-order valence-electron chi connectivity index (χ3n) is 8.13. The standard InChI is InChI=1S/C26H35N3O4/c1-17-7-10-22(24(30)27-17)29-16-18-15-19(8-9-20(18)25(29)31)33-23-6-4-5-21(23)28-13-11-26(2,32-3)12-14-28/h8-9,15,21-23H,1,4-7,10-14,16H2,2-3H3,(H,27,30)/t21-,22?,23+/m0/s1. The van der Waals surface area contributed by atoms with Crippen molar-refractivity contribution in [3.05, 3.63) is 41.6 Å². The summed E-state index contributed by atoms with van der Waals surface area (Å²) in [6, 6.07) is 5.77. The molecule has 1 aromatic rings. The fraction of sp³-hybridized carbons (Fsp3) is 0.615. The molecule has 2 amide bonds. The van der Waals surface area contributed by atoms with Crippen LogP contribution in [0, 0.1) is 0 Å². The zero-order chi connectivity index (χ0) is 23.2. The van der Waals surface area contributed by atoms with Crippen molar-refractivity contribution >= 4 is 11.8 Å². The molecule has 1 N–H and O–H groups in total. The number of nitrogens with zero attached hydrogens (tertiary/aromatic N) is 2. The minimum atomic E-state index is -0.434. The molecule has 4 aliphatic rings. The Bertz CT molecular complexity index is 953. The molecule has 3 aliphatic heterocycles. The summed E-state index contributed by atoms with van der Waals surface area (Å²) in [5.74, 6) is 0.613. The van der Waals surface area contributed by atoms with Gasteiger partial charge in [-0.25, -0.2) is 0 Å². The number of rotatable bonds is 5. The maximum Gasteiger partial charge on any atom is 0.255 e. The van der Waals surface area contributed by atoms with Gasteiger partial charge in [0, 0.05) is 44.0 Å². The SMILES string of the molecule is C=C1CCC(N2Cc3cc(O[C@@H]4CCC[C@@H]4N4CCC(C)(OC)CC4)ccc3C2=O)C(=O)N1. The van der Waals surface area contributed by atoms with Gasteiger partial charge in [-0.05, 0) is 75.6 Å². The molecule has 5 rings (SSSR count). The number of likely N-dealkylation sites (tertiary alicyclic amines) is 1. The summed E-state index contributed by atoms with van der Waals surface area (Å²) in [4.78, 5) is 29.7. The van der Waals surface area contributed by atoms with Gasteiger partial charge in [-0.1, -0.05) is 6.58 Å². The minimum absolute atomic E-state index is 0.00761. The van der Waals surface area contributed by atoms with Gasteiger partial charge in [0.2, 0.25) is 5.91 Å². The van der Waals surface area contributed by atoms with Crippen LogP contribution < -0.4 is 10.1 Å². The van der Waals surface area contributed by atoms with E-state index in [1.165, 1.54) is 6.42 Å². The van der Waals surface area contributed by atoms with E-state index >= 15 is 0 Å². The van der Waals surface area contributed by atoms with Crippen molar-refractivity contribution in [2.75, 3.05) is 20.2 Å². The molecule has 3 atom stereocenters. The first kappa shape index (κ1) is 22.4. The normalized spacial score (nSPS) is 29.8. The smallest absolute Gasteiger partial charge is 0.255 e. The van der Waals surface area contributed by atoms with E-state index in [1.54, 1.807) is 4.90 Å². The quantitative estimate of drug-likeness (QED) is 0.741. The molecule has 0 radical (unpaired) electrons. The lowest BCUT2D eigenvalue weighted by Gasteiger charge is -2.42. The van der Waals surface area contributed by atoms with Gasteiger partial charge in [0.15, 0.2) is 0 Å². The van der Waals surface area contributed by atoms with Crippen LogP contribution in [0.25, 0.3) is 0 Å². The van der Waals surface area contributed by atoms with Crippen molar-refractivity contribution in [3.63, 3.8) is 0 Å². The number of piperidine rings is 2. The van der Waals surface area contributed by atoms with Crippen LogP contribution in [0.3, 0.4) is 0 Å². The Balaban J connectivity index is 1.25. The van der Waals surface area contributed by atoms with E-state index in [-0.39, 0.29) is 23.5 Å². The Morgan fingerprint density at radius 2 is 1.94 bits per heavy atom.